The van der Waals surface area contributed by atoms with Crippen molar-refractivity contribution in [2.45, 2.75) is 26.7 Å². The second-order valence-electron chi connectivity index (χ2n) is 3.86. The van der Waals surface area contributed by atoms with Crippen LogP contribution in [-0.4, -0.2) is 0 Å². The van der Waals surface area contributed by atoms with Crippen molar-refractivity contribution in [1.82, 2.24) is 0 Å². The van der Waals surface area contributed by atoms with Crippen LogP contribution < -0.4 is 0 Å². The predicted octanol–water partition coefficient (Wildman–Crippen LogP) is 3.69. The summed E-state index contributed by atoms with van der Waals surface area (Å²) in [4.78, 5) is 0. The van der Waals surface area contributed by atoms with Gasteiger partial charge < -0.3 is 0 Å². The zero-order chi connectivity index (χ0) is 9.42. The van der Waals surface area contributed by atoms with Crippen molar-refractivity contribution >= 4 is 0 Å². The van der Waals surface area contributed by atoms with E-state index in [2.05, 4.69) is 51.5 Å². The molecule has 0 heterocycles. The van der Waals surface area contributed by atoms with Gasteiger partial charge in [0.1, 0.15) is 0 Å². The summed E-state index contributed by atoms with van der Waals surface area (Å²) in [6.07, 6.45) is 2.28. The van der Waals surface area contributed by atoms with E-state index in [9.17, 15) is 0 Å². The van der Waals surface area contributed by atoms with Gasteiger partial charge in [-0.05, 0) is 25.0 Å². The summed E-state index contributed by atoms with van der Waals surface area (Å²) in [7, 11) is 0. The number of allylic oxidation sites excluding steroid dienone is 2. The molecule has 1 unspecified atom stereocenters. The van der Waals surface area contributed by atoms with E-state index < -0.39 is 0 Å². The summed E-state index contributed by atoms with van der Waals surface area (Å²) in [5, 5.41) is 0. The molecule has 1 aromatic carbocycles. The van der Waals surface area contributed by atoms with Gasteiger partial charge in [0.25, 0.3) is 0 Å². The van der Waals surface area contributed by atoms with E-state index in [1.165, 1.54) is 22.3 Å². The molecule has 0 heteroatoms. The van der Waals surface area contributed by atoms with Gasteiger partial charge in [-0.2, -0.15) is 0 Å². The standard InChI is InChI=1S/C13H15/c1-9-8-12-6-4-5-7-13(12)11(3)10(9)2/h4-8,11H,1-3H3. The first kappa shape index (κ1) is 8.55. The Hall–Kier alpha value is -1.04. The summed E-state index contributed by atoms with van der Waals surface area (Å²) in [5.74, 6) is 0.584. The van der Waals surface area contributed by atoms with Crippen molar-refractivity contribution < 1.29 is 0 Å². The maximum Gasteiger partial charge on any atom is 0.0157 e. The molecule has 0 fully saturated rings. The quantitative estimate of drug-likeness (QED) is 0.558. The van der Waals surface area contributed by atoms with Crippen LogP contribution in [0.25, 0.3) is 0 Å². The van der Waals surface area contributed by atoms with Crippen molar-refractivity contribution in [3.8, 4) is 0 Å². The number of benzene rings is 1. The first-order chi connectivity index (χ1) is 6.20. The smallest absolute Gasteiger partial charge is 0.0157 e. The zero-order valence-electron chi connectivity index (χ0n) is 8.46. The molecule has 0 aliphatic heterocycles. The number of hydrogen-bond donors (Lipinski definition) is 0. The molecule has 1 radical (unpaired) electrons. The maximum absolute atomic E-state index is 2.28. The van der Waals surface area contributed by atoms with Gasteiger partial charge >= 0.3 is 0 Å². The fraction of sp³-hybridized carbons (Fsp3) is 0.308. The molecular weight excluding hydrogens is 156 g/mol. The number of hydrogen-bond acceptors (Lipinski definition) is 0. The lowest BCUT2D eigenvalue weighted by Crippen LogP contribution is -2.07. The highest BCUT2D eigenvalue weighted by Crippen LogP contribution is 2.35. The van der Waals surface area contributed by atoms with Crippen molar-refractivity contribution in [2.75, 3.05) is 0 Å². The molecule has 2 rings (SSSR count). The molecule has 0 amide bonds. The third-order valence-electron chi connectivity index (χ3n) is 3.11. The minimum absolute atomic E-state index is 0.584. The molecule has 0 saturated carbocycles. The Morgan fingerprint density at radius 1 is 1.08 bits per heavy atom. The second-order valence-corrected chi connectivity index (χ2v) is 3.86. The van der Waals surface area contributed by atoms with Crippen LogP contribution in [0.15, 0.2) is 35.4 Å². The second kappa shape index (κ2) is 3.02. The topological polar surface area (TPSA) is 0 Å². The molecule has 67 valence electrons. The van der Waals surface area contributed by atoms with Crippen LogP contribution in [0.2, 0.25) is 0 Å². The normalized spacial score (nSPS) is 21.6. The van der Waals surface area contributed by atoms with Crippen LogP contribution in [0.1, 0.15) is 37.8 Å². The van der Waals surface area contributed by atoms with Crippen molar-refractivity contribution in [3.05, 3.63) is 53.0 Å². The molecule has 0 aromatic heterocycles. The average Bonchev–Trinajstić information content (AvgIpc) is 2.15. The molecule has 13 heavy (non-hydrogen) atoms. The van der Waals surface area contributed by atoms with E-state index in [1.54, 1.807) is 0 Å². The molecule has 0 spiro atoms. The molecule has 1 atom stereocenters. The van der Waals surface area contributed by atoms with E-state index in [1.807, 2.05) is 0 Å². The minimum atomic E-state index is 0.584. The van der Waals surface area contributed by atoms with Gasteiger partial charge in [0.2, 0.25) is 0 Å². The largest absolute Gasteiger partial charge is 0.0665 e. The monoisotopic (exact) mass is 171 g/mol. The van der Waals surface area contributed by atoms with Crippen molar-refractivity contribution in [3.63, 3.8) is 0 Å². The highest BCUT2D eigenvalue weighted by Gasteiger charge is 2.18. The van der Waals surface area contributed by atoms with Gasteiger partial charge in [0.05, 0.1) is 0 Å². The number of rotatable bonds is 0. The fourth-order valence-electron chi connectivity index (χ4n) is 1.96. The lowest BCUT2D eigenvalue weighted by atomic mass is 9.80. The first-order valence-corrected chi connectivity index (χ1v) is 4.81. The fourth-order valence-corrected chi connectivity index (χ4v) is 1.96. The van der Waals surface area contributed by atoms with Crippen molar-refractivity contribution in [1.29, 1.82) is 0 Å². The molecule has 0 saturated heterocycles. The highest BCUT2D eigenvalue weighted by atomic mass is 14.2. The van der Waals surface area contributed by atoms with Crippen molar-refractivity contribution in [2.24, 2.45) is 0 Å². The van der Waals surface area contributed by atoms with Gasteiger partial charge in [-0.25, -0.2) is 0 Å². The Balaban J connectivity index is 2.52. The van der Waals surface area contributed by atoms with Gasteiger partial charge in [-0.15, -0.1) is 0 Å². The molecule has 0 nitrogen and oxygen atoms in total. The summed E-state index contributed by atoms with van der Waals surface area (Å²) < 4.78 is 0. The Labute approximate surface area is 80.3 Å². The molecule has 1 aliphatic rings. The summed E-state index contributed by atoms with van der Waals surface area (Å²) in [5.41, 5.74) is 5.77. The molecular formula is C13H15. The van der Waals surface area contributed by atoms with E-state index in [0.29, 0.717) is 5.92 Å². The van der Waals surface area contributed by atoms with Gasteiger partial charge in [0, 0.05) is 12.3 Å². The van der Waals surface area contributed by atoms with Crippen LogP contribution in [0.5, 0.6) is 0 Å². The lowest BCUT2D eigenvalue weighted by molar-refractivity contribution is 0.850. The van der Waals surface area contributed by atoms with Crippen LogP contribution in [-0.2, 0) is 0 Å². The van der Waals surface area contributed by atoms with Crippen LogP contribution in [0.4, 0.5) is 0 Å². The minimum Gasteiger partial charge on any atom is -0.0665 e. The Kier molecular flexibility index (Phi) is 1.99. The maximum atomic E-state index is 2.28. The van der Waals surface area contributed by atoms with Gasteiger partial charge in [0.15, 0.2) is 0 Å². The zero-order valence-corrected chi connectivity index (χ0v) is 8.46. The summed E-state index contributed by atoms with van der Waals surface area (Å²) in [6.45, 7) is 6.71. The van der Waals surface area contributed by atoms with Gasteiger partial charge in [-0.3, -0.25) is 0 Å². The van der Waals surface area contributed by atoms with E-state index in [-0.39, 0.29) is 0 Å². The van der Waals surface area contributed by atoms with Crippen LogP contribution >= 0.6 is 0 Å². The van der Waals surface area contributed by atoms with Crippen LogP contribution in [0.3, 0.4) is 0 Å². The molecule has 0 bridgehead atoms. The van der Waals surface area contributed by atoms with E-state index >= 15 is 0 Å². The van der Waals surface area contributed by atoms with E-state index in [4.69, 9.17) is 0 Å². The summed E-state index contributed by atoms with van der Waals surface area (Å²) >= 11 is 0. The first-order valence-electron chi connectivity index (χ1n) is 4.81. The van der Waals surface area contributed by atoms with Crippen LogP contribution in [0, 0.1) is 6.42 Å². The molecule has 0 N–H and O–H groups in total. The highest BCUT2D eigenvalue weighted by molar-refractivity contribution is 5.50. The SMILES string of the molecule is CC1=C(C)C(C)c2ccccc2[CH]1. The lowest BCUT2D eigenvalue weighted by Gasteiger charge is -2.24. The summed E-state index contributed by atoms with van der Waals surface area (Å²) in [6, 6.07) is 8.65. The number of fused-ring (bicyclic) bond motifs is 1. The Morgan fingerprint density at radius 2 is 1.77 bits per heavy atom. The predicted molar refractivity (Wildman–Crippen MR) is 56.6 cm³/mol. The average molecular weight is 171 g/mol. The van der Waals surface area contributed by atoms with E-state index in [0.717, 1.165) is 0 Å². The molecule has 1 aromatic rings. The third-order valence-corrected chi connectivity index (χ3v) is 3.11. The third kappa shape index (κ3) is 1.31. The Morgan fingerprint density at radius 3 is 2.54 bits per heavy atom. The molecule has 1 aliphatic carbocycles. The Bertz CT molecular complexity index is 358. The van der Waals surface area contributed by atoms with Gasteiger partial charge in [-0.1, -0.05) is 42.3 Å².